The smallest absolute Gasteiger partial charge is 0.242 e. The van der Waals surface area contributed by atoms with Crippen LogP contribution in [0.5, 0.6) is 11.5 Å². The fourth-order valence-electron chi connectivity index (χ4n) is 2.68. The van der Waals surface area contributed by atoms with E-state index in [-0.39, 0.29) is 17.2 Å². The summed E-state index contributed by atoms with van der Waals surface area (Å²) < 4.78 is 36.7. The second-order valence-corrected chi connectivity index (χ2v) is 9.43. The van der Waals surface area contributed by atoms with E-state index in [4.69, 9.17) is 21.1 Å². The van der Waals surface area contributed by atoms with E-state index in [1.54, 1.807) is 18.2 Å². The Labute approximate surface area is 183 Å². The fraction of sp³-hybridized carbons (Fsp3) is 0.381. The number of nitrogens with one attached hydrogen (secondary N) is 1. The van der Waals surface area contributed by atoms with E-state index in [1.807, 2.05) is 19.1 Å². The van der Waals surface area contributed by atoms with Crippen molar-refractivity contribution in [3.63, 3.8) is 0 Å². The topological polar surface area (TPSA) is 84.9 Å². The molecule has 7 nitrogen and oxygen atoms in total. The molecule has 0 atom stereocenters. The lowest BCUT2D eigenvalue weighted by Gasteiger charge is -2.14. The number of benzene rings is 2. The number of carbonyl (C=O) groups is 1. The van der Waals surface area contributed by atoms with Crippen LogP contribution in [-0.2, 0) is 21.2 Å². The monoisotopic (exact) mass is 454 g/mol. The molecule has 2 aromatic rings. The van der Waals surface area contributed by atoms with Crippen LogP contribution in [0.25, 0.3) is 0 Å². The van der Waals surface area contributed by atoms with Gasteiger partial charge in [0.25, 0.3) is 0 Å². The van der Waals surface area contributed by atoms with Gasteiger partial charge in [0.2, 0.25) is 15.9 Å². The lowest BCUT2D eigenvalue weighted by Crippen LogP contribution is -2.28. The number of carbonyl (C=O) groups excluding carboxylic acids is 1. The average molecular weight is 455 g/mol. The van der Waals surface area contributed by atoms with Gasteiger partial charge >= 0.3 is 0 Å². The molecule has 0 saturated carbocycles. The zero-order valence-corrected chi connectivity index (χ0v) is 19.1. The van der Waals surface area contributed by atoms with Crippen LogP contribution in [-0.4, -0.2) is 53.0 Å². The summed E-state index contributed by atoms with van der Waals surface area (Å²) in [5.74, 6) is 1.02. The van der Waals surface area contributed by atoms with Gasteiger partial charge in [-0.3, -0.25) is 4.79 Å². The van der Waals surface area contributed by atoms with Crippen molar-refractivity contribution < 1.29 is 22.7 Å². The summed E-state index contributed by atoms with van der Waals surface area (Å²) in [7, 11) is 0.889. The average Bonchev–Trinajstić information content (AvgIpc) is 2.71. The van der Waals surface area contributed by atoms with E-state index >= 15 is 0 Å². The lowest BCUT2D eigenvalue weighted by molar-refractivity contribution is -0.121. The molecule has 0 radical (unpaired) electrons. The van der Waals surface area contributed by atoms with Crippen molar-refractivity contribution in [2.75, 3.05) is 34.4 Å². The Morgan fingerprint density at radius 3 is 2.53 bits per heavy atom. The van der Waals surface area contributed by atoms with Crippen LogP contribution >= 0.6 is 11.6 Å². The molecule has 0 heterocycles. The third-order valence-corrected chi connectivity index (χ3v) is 6.71. The number of halogens is 1. The van der Waals surface area contributed by atoms with Crippen molar-refractivity contribution in [2.24, 2.45) is 0 Å². The molecule has 164 valence electrons. The van der Waals surface area contributed by atoms with Gasteiger partial charge in [0.05, 0.1) is 18.6 Å². The molecule has 0 bridgehead atoms. The standard InChI is InChI=1S/C21H27ClN2O5S/c1-15-5-7-17(14-19(15)22)29-12-11-23-21(25)10-6-16-13-18(8-9-20(16)28-4)30(26,27)24(2)3/h5,7-9,13-14H,6,10-12H2,1-4H3,(H,23,25). The lowest BCUT2D eigenvalue weighted by atomic mass is 10.1. The normalized spacial score (nSPS) is 11.4. The Morgan fingerprint density at radius 2 is 1.90 bits per heavy atom. The molecule has 1 amide bonds. The molecule has 0 unspecified atom stereocenters. The van der Waals surface area contributed by atoms with Crippen LogP contribution in [0.4, 0.5) is 0 Å². The minimum atomic E-state index is -3.56. The van der Waals surface area contributed by atoms with Crippen LogP contribution in [0.3, 0.4) is 0 Å². The summed E-state index contributed by atoms with van der Waals surface area (Å²) in [4.78, 5) is 12.3. The minimum absolute atomic E-state index is 0.161. The first-order valence-electron chi connectivity index (χ1n) is 9.40. The van der Waals surface area contributed by atoms with E-state index in [0.29, 0.717) is 41.7 Å². The summed E-state index contributed by atoms with van der Waals surface area (Å²) in [6.07, 6.45) is 0.540. The number of sulfonamides is 1. The van der Waals surface area contributed by atoms with Gasteiger partial charge in [-0.25, -0.2) is 12.7 Å². The summed E-state index contributed by atoms with van der Waals surface area (Å²) in [5.41, 5.74) is 1.62. The predicted octanol–water partition coefficient (Wildman–Crippen LogP) is 3.04. The minimum Gasteiger partial charge on any atom is -0.496 e. The van der Waals surface area contributed by atoms with Crippen molar-refractivity contribution in [1.29, 1.82) is 0 Å². The SMILES string of the molecule is COc1ccc(S(=O)(=O)N(C)C)cc1CCC(=O)NCCOc1ccc(C)c(Cl)c1. The molecule has 30 heavy (non-hydrogen) atoms. The molecule has 9 heteroatoms. The van der Waals surface area contributed by atoms with Crippen molar-refractivity contribution in [2.45, 2.75) is 24.7 Å². The molecule has 0 aromatic heterocycles. The number of rotatable bonds is 10. The number of methoxy groups -OCH3 is 1. The van der Waals surface area contributed by atoms with E-state index in [1.165, 1.54) is 27.3 Å². The van der Waals surface area contributed by atoms with Crippen LogP contribution in [0.15, 0.2) is 41.3 Å². The second-order valence-electron chi connectivity index (χ2n) is 6.87. The van der Waals surface area contributed by atoms with Crippen LogP contribution in [0.1, 0.15) is 17.5 Å². The molecule has 0 fully saturated rings. The van der Waals surface area contributed by atoms with Gasteiger partial charge in [0.1, 0.15) is 18.1 Å². The Morgan fingerprint density at radius 1 is 1.17 bits per heavy atom. The quantitative estimate of drug-likeness (QED) is 0.558. The zero-order chi connectivity index (χ0) is 22.3. The Hall–Kier alpha value is -2.29. The maximum atomic E-state index is 12.3. The van der Waals surface area contributed by atoms with Crippen molar-refractivity contribution in [1.82, 2.24) is 9.62 Å². The molecular weight excluding hydrogens is 428 g/mol. The summed E-state index contributed by atoms with van der Waals surface area (Å²) >= 11 is 6.06. The summed E-state index contributed by atoms with van der Waals surface area (Å²) in [6, 6.07) is 10.1. The Bertz CT molecular complexity index is 993. The highest BCUT2D eigenvalue weighted by molar-refractivity contribution is 7.89. The van der Waals surface area contributed by atoms with Gasteiger partial charge in [-0.2, -0.15) is 0 Å². The van der Waals surface area contributed by atoms with Crippen LogP contribution in [0.2, 0.25) is 5.02 Å². The van der Waals surface area contributed by atoms with E-state index in [2.05, 4.69) is 5.32 Å². The maximum absolute atomic E-state index is 12.3. The number of hydrogen-bond donors (Lipinski definition) is 1. The van der Waals surface area contributed by atoms with E-state index in [9.17, 15) is 13.2 Å². The highest BCUT2D eigenvalue weighted by Gasteiger charge is 2.19. The van der Waals surface area contributed by atoms with Gasteiger partial charge in [-0.15, -0.1) is 0 Å². The first-order valence-corrected chi connectivity index (χ1v) is 11.2. The van der Waals surface area contributed by atoms with E-state index < -0.39 is 10.0 Å². The van der Waals surface area contributed by atoms with Crippen molar-refractivity contribution >= 4 is 27.5 Å². The molecule has 1 N–H and O–H groups in total. The number of hydrogen-bond acceptors (Lipinski definition) is 5. The Balaban J connectivity index is 1.88. The number of aryl methyl sites for hydroxylation is 2. The summed E-state index contributed by atoms with van der Waals surface area (Å²) in [5, 5.41) is 3.41. The third-order valence-electron chi connectivity index (χ3n) is 4.49. The van der Waals surface area contributed by atoms with Gasteiger partial charge in [-0.05, 0) is 54.8 Å². The van der Waals surface area contributed by atoms with Gasteiger partial charge in [0, 0.05) is 25.5 Å². The molecule has 0 aliphatic heterocycles. The predicted molar refractivity (Wildman–Crippen MR) is 117 cm³/mol. The first kappa shape index (κ1) is 24.0. The van der Waals surface area contributed by atoms with Gasteiger partial charge < -0.3 is 14.8 Å². The van der Waals surface area contributed by atoms with Crippen molar-refractivity contribution in [3.8, 4) is 11.5 Å². The van der Waals surface area contributed by atoms with Crippen molar-refractivity contribution in [3.05, 3.63) is 52.5 Å². The molecule has 0 saturated heterocycles. The number of nitrogens with zero attached hydrogens (tertiary/aromatic N) is 1. The third kappa shape index (κ3) is 6.35. The molecule has 0 aliphatic rings. The van der Waals surface area contributed by atoms with Gasteiger partial charge in [-0.1, -0.05) is 17.7 Å². The number of amides is 1. The van der Waals surface area contributed by atoms with Crippen LogP contribution < -0.4 is 14.8 Å². The van der Waals surface area contributed by atoms with E-state index in [0.717, 1.165) is 9.87 Å². The van der Waals surface area contributed by atoms with Gasteiger partial charge in [0.15, 0.2) is 0 Å². The maximum Gasteiger partial charge on any atom is 0.242 e. The largest absolute Gasteiger partial charge is 0.496 e. The Kier molecular flexibility index (Phi) is 8.52. The molecule has 2 aromatic carbocycles. The fourth-order valence-corrected chi connectivity index (χ4v) is 3.80. The first-order chi connectivity index (χ1) is 14.1. The molecular formula is C21H27ClN2O5S. The highest BCUT2D eigenvalue weighted by atomic mass is 35.5. The second kappa shape index (κ2) is 10.7. The summed E-state index contributed by atoms with van der Waals surface area (Å²) in [6.45, 7) is 2.56. The van der Waals surface area contributed by atoms with Crippen LogP contribution in [0, 0.1) is 6.92 Å². The molecule has 2 rings (SSSR count). The molecule has 0 aliphatic carbocycles. The number of ether oxygens (including phenoxy) is 2. The molecule has 0 spiro atoms. The zero-order valence-electron chi connectivity index (χ0n) is 17.6. The highest BCUT2D eigenvalue weighted by Crippen LogP contribution is 2.25.